The topological polar surface area (TPSA) is 71.1 Å². The molecule has 0 unspecified atom stereocenters. The SMILES string of the molecule is Cc1nc2ccccc2c(-c2ccccc2)c1CC(=O)Nc1cc(C(=O)NC(C)C)ccc1Cl. The molecule has 0 aliphatic heterocycles. The van der Waals surface area contributed by atoms with Gasteiger partial charge in [-0.25, -0.2) is 0 Å². The summed E-state index contributed by atoms with van der Waals surface area (Å²) < 4.78 is 0. The van der Waals surface area contributed by atoms with Gasteiger partial charge in [0, 0.05) is 22.7 Å². The highest BCUT2D eigenvalue weighted by molar-refractivity contribution is 6.34. The molecule has 0 atom stereocenters. The van der Waals surface area contributed by atoms with Crippen LogP contribution < -0.4 is 10.6 Å². The quantitative estimate of drug-likeness (QED) is 0.352. The lowest BCUT2D eigenvalue weighted by Gasteiger charge is -2.16. The molecule has 0 spiro atoms. The highest BCUT2D eigenvalue weighted by Crippen LogP contribution is 2.33. The van der Waals surface area contributed by atoms with Crippen LogP contribution in [-0.2, 0) is 11.2 Å². The average Bonchev–Trinajstić information content (AvgIpc) is 2.81. The van der Waals surface area contributed by atoms with Crippen LogP contribution in [0, 0.1) is 6.92 Å². The molecule has 0 bridgehead atoms. The number of carbonyl (C=O) groups is 2. The van der Waals surface area contributed by atoms with Crippen LogP contribution in [0.5, 0.6) is 0 Å². The van der Waals surface area contributed by atoms with Gasteiger partial charge in [-0.2, -0.15) is 0 Å². The molecule has 0 aliphatic rings. The smallest absolute Gasteiger partial charge is 0.251 e. The van der Waals surface area contributed by atoms with E-state index in [0.29, 0.717) is 16.3 Å². The monoisotopic (exact) mass is 471 g/mol. The zero-order chi connectivity index (χ0) is 24.2. The predicted octanol–water partition coefficient (Wildman–Crippen LogP) is 6.18. The van der Waals surface area contributed by atoms with Crippen LogP contribution in [0.25, 0.3) is 22.0 Å². The molecule has 0 aliphatic carbocycles. The lowest BCUT2D eigenvalue weighted by atomic mass is 9.92. The van der Waals surface area contributed by atoms with Gasteiger partial charge in [-0.3, -0.25) is 14.6 Å². The molecular formula is C28H26ClN3O2. The lowest BCUT2D eigenvalue weighted by Crippen LogP contribution is -2.30. The van der Waals surface area contributed by atoms with E-state index in [1.54, 1.807) is 18.2 Å². The molecule has 34 heavy (non-hydrogen) atoms. The van der Waals surface area contributed by atoms with Crippen molar-refractivity contribution in [1.82, 2.24) is 10.3 Å². The highest BCUT2D eigenvalue weighted by atomic mass is 35.5. The standard InChI is InChI=1S/C28H26ClN3O2/c1-17(2)30-28(34)20-13-14-23(29)25(15-20)32-26(33)16-22-18(3)31-24-12-8-7-11-21(24)27(22)19-9-5-4-6-10-19/h4-15,17H,16H2,1-3H3,(H,30,34)(H,32,33). The highest BCUT2D eigenvalue weighted by Gasteiger charge is 2.18. The predicted molar refractivity (Wildman–Crippen MR) is 138 cm³/mol. The van der Waals surface area contributed by atoms with Gasteiger partial charge in [-0.05, 0) is 61.7 Å². The van der Waals surface area contributed by atoms with Gasteiger partial charge >= 0.3 is 0 Å². The fourth-order valence-electron chi connectivity index (χ4n) is 3.99. The van der Waals surface area contributed by atoms with E-state index >= 15 is 0 Å². The molecule has 172 valence electrons. The van der Waals surface area contributed by atoms with E-state index in [1.807, 2.05) is 75.4 Å². The summed E-state index contributed by atoms with van der Waals surface area (Å²) in [5.74, 6) is -0.455. The van der Waals surface area contributed by atoms with Crippen LogP contribution in [0.1, 0.15) is 35.5 Å². The second-order valence-corrected chi connectivity index (χ2v) is 8.89. The third-order valence-electron chi connectivity index (χ3n) is 5.52. The zero-order valence-corrected chi connectivity index (χ0v) is 20.1. The van der Waals surface area contributed by atoms with Crippen LogP contribution in [0.15, 0.2) is 72.8 Å². The average molecular weight is 472 g/mol. The molecule has 3 aromatic carbocycles. The molecule has 1 heterocycles. The maximum atomic E-state index is 13.2. The normalized spacial score (nSPS) is 11.0. The maximum Gasteiger partial charge on any atom is 0.251 e. The van der Waals surface area contributed by atoms with Gasteiger partial charge in [-0.1, -0.05) is 60.1 Å². The molecule has 6 heteroatoms. The third kappa shape index (κ3) is 5.10. The first-order chi connectivity index (χ1) is 16.3. The number of aromatic nitrogens is 1. The molecule has 0 radical (unpaired) electrons. The lowest BCUT2D eigenvalue weighted by molar-refractivity contribution is -0.115. The van der Waals surface area contributed by atoms with E-state index in [9.17, 15) is 9.59 Å². The minimum Gasteiger partial charge on any atom is -0.350 e. The van der Waals surface area contributed by atoms with E-state index in [1.165, 1.54) is 0 Å². The maximum absolute atomic E-state index is 13.2. The van der Waals surface area contributed by atoms with Gasteiger partial charge in [0.25, 0.3) is 5.91 Å². The largest absolute Gasteiger partial charge is 0.350 e. The summed E-state index contributed by atoms with van der Waals surface area (Å²) in [6.07, 6.45) is 0.118. The first kappa shape index (κ1) is 23.5. The van der Waals surface area contributed by atoms with Crippen LogP contribution in [0.4, 0.5) is 5.69 Å². The number of fused-ring (bicyclic) bond motifs is 1. The Bertz CT molecular complexity index is 1370. The van der Waals surface area contributed by atoms with Crippen molar-refractivity contribution in [3.05, 3.63) is 94.6 Å². The number of para-hydroxylation sites is 1. The van der Waals surface area contributed by atoms with Gasteiger partial charge in [-0.15, -0.1) is 0 Å². The van der Waals surface area contributed by atoms with Gasteiger partial charge in [0.15, 0.2) is 0 Å². The molecule has 5 nitrogen and oxygen atoms in total. The summed E-state index contributed by atoms with van der Waals surface area (Å²) in [5.41, 5.74) is 5.39. The molecule has 0 saturated heterocycles. The Morgan fingerprint density at radius 2 is 1.68 bits per heavy atom. The van der Waals surface area contributed by atoms with Crippen molar-refractivity contribution in [3.63, 3.8) is 0 Å². The second kappa shape index (κ2) is 10.1. The molecule has 0 fully saturated rings. The summed E-state index contributed by atoms with van der Waals surface area (Å²) in [5, 5.41) is 7.09. The summed E-state index contributed by atoms with van der Waals surface area (Å²) in [7, 11) is 0. The molecular weight excluding hydrogens is 446 g/mol. The Balaban J connectivity index is 1.68. The first-order valence-electron chi connectivity index (χ1n) is 11.2. The Kier molecular flexibility index (Phi) is 6.94. The fraction of sp³-hybridized carbons (Fsp3) is 0.179. The van der Waals surface area contributed by atoms with E-state index in [0.717, 1.165) is 33.3 Å². The number of hydrogen-bond acceptors (Lipinski definition) is 3. The third-order valence-corrected chi connectivity index (χ3v) is 5.85. The molecule has 4 rings (SSSR count). The van der Waals surface area contributed by atoms with Crippen molar-refractivity contribution in [2.24, 2.45) is 0 Å². The number of hydrogen-bond donors (Lipinski definition) is 2. The molecule has 0 saturated carbocycles. The van der Waals surface area contributed by atoms with Crippen LogP contribution >= 0.6 is 11.6 Å². The van der Waals surface area contributed by atoms with Crippen LogP contribution in [0.3, 0.4) is 0 Å². The number of nitrogens with zero attached hydrogens (tertiary/aromatic N) is 1. The summed E-state index contributed by atoms with van der Waals surface area (Å²) >= 11 is 6.33. The van der Waals surface area contributed by atoms with E-state index < -0.39 is 0 Å². The summed E-state index contributed by atoms with van der Waals surface area (Å²) in [6, 6.07) is 22.8. The van der Waals surface area contributed by atoms with E-state index in [4.69, 9.17) is 16.6 Å². The number of carbonyl (C=O) groups excluding carboxylic acids is 2. The van der Waals surface area contributed by atoms with Crippen LogP contribution in [-0.4, -0.2) is 22.8 Å². The Morgan fingerprint density at radius 3 is 2.41 bits per heavy atom. The van der Waals surface area contributed by atoms with Crippen molar-refractivity contribution in [2.75, 3.05) is 5.32 Å². The number of aryl methyl sites for hydroxylation is 1. The number of halogens is 1. The zero-order valence-electron chi connectivity index (χ0n) is 19.4. The van der Waals surface area contributed by atoms with Gasteiger partial charge in [0.05, 0.1) is 22.6 Å². The van der Waals surface area contributed by atoms with Crippen molar-refractivity contribution in [3.8, 4) is 11.1 Å². The Hall–Kier alpha value is -3.70. The fourth-order valence-corrected chi connectivity index (χ4v) is 4.15. The van der Waals surface area contributed by atoms with E-state index in [2.05, 4.69) is 10.6 Å². The summed E-state index contributed by atoms with van der Waals surface area (Å²) in [4.78, 5) is 30.3. The van der Waals surface area contributed by atoms with Crippen molar-refractivity contribution in [2.45, 2.75) is 33.2 Å². The summed E-state index contributed by atoms with van der Waals surface area (Å²) in [6.45, 7) is 5.70. The minimum absolute atomic E-state index is 0.000931. The van der Waals surface area contributed by atoms with Gasteiger partial charge < -0.3 is 10.6 Å². The molecule has 2 amide bonds. The van der Waals surface area contributed by atoms with Gasteiger partial charge in [0.1, 0.15) is 0 Å². The molecule has 2 N–H and O–H groups in total. The van der Waals surface area contributed by atoms with Gasteiger partial charge in [0.2, 0.25) is 5.91 Å². The van der Waals surface area contributed by atoms with E-state index in [-0.39, 0.29) is 24.3 Å². The molecule has 4 aromatic rings. The minimum atomic E-state index is -0.235. The Labute approximate surface area is 204 Å². The first-order valence-corrected chi connectivity index (χ1v) is 11.5. The Morgan fingerprint density at radius 1 is 0.971 bits per heavy atom. The van der Waals surface area contributed by atoms with Crippen molar-refractivity contribution in [1.29, 1.82) is 0 Å². The second-order valence-electron chi connectivity index (χ2n) is 8.48. The van der Waals surface area contributed by atoms with Crippen LogP contribution in [0.2, 0.25) is 5.02 Å². The molecule has 1 aromatic heterocycles. The number of benzene rings is 3. The number of nitrogens with one attached hydrogen (secondary N) is 2. The number of rotatable bonds is 6. The number of anilines is 1. The van der Waals surface area contributed by atoms with Crippen molar-refractivity contribution >= 4 is 40.0 Å². The van der Waals surface area contributed by atoms with Crippen molar-refractivity contribution < 1.29 is 9.59 Å². The number of pyridine rings is 1. The number of amides is 2.